The van der Waals surface area contributed by atoms with E-state index in [4.69, 9.17) is 9.84 Å². The highest BCUT2D eigenvalue weighted by Gasteiger charge is 2.43. The van der Waals surface area contributed by atoms with Crippen molar-refractivity contribution in [1.82, 2.24) is 0 Å². The summed E-state index contributed by atoms with van der Waals surface area (Å²) >= 11 is 0. The van der Waals surface area contributed by atoms with E-state index >= 15 is 0 Å². The third-order valence-electron chi connectivity index (χ3n) is 6.92. The van der Waals surface area contributed by atoms with Crippen LogP contribution in [0.25, 0.3) is 0 Å². The van der Waals surface area contributed by atoms with Crippen molar-refractivity contribution >= 4 is 11.8 Å². The molecule has 0 saturated heterocycles. The number of Topliss-reactive ketones (excluding diaryl/α,β-unsaturated/α-hetero) is 1. The molecule has 0 aromatic carbocycles. The van der Waals surface area contributed by atoms with Crippen LogP contribution < -0.4 is 0 Å². The Morgan fingerprint density at radius 2 is 2.00 bits per heavy atom. The van der Waals surface area contributed by atoms with E-state index in [0.29, 0.717) is 38.0 Å². The predicted octanol–water partition coefficient (Wildman–Crippen LogP) is 4.93. The number of carboxylic acids is 1. The molecule has 0 radical (unpaired) electrons. The van der Waals surface area contributed by atoms with Gasteiger partial charge in [-0.2, -0.15) is 0 Å². The Morgan fingerprint density at radius 1 is 1.27 bits per heavy atom. The number of ether oxygens (including phenoxy) is 1. The molecule has 5 heteroatoms. The van der Waals surface area contributed by atoms with Gasteiger partial charge in [-0.3, -0.25) is 9.59 Å². The van der Waals surface area contributed by atoms with Crippen molar-refractivity contribution in [3.05, 3.63) is 24.3 Å². The highest BCUT2D eigenvalue weighted by molar-refractivity contribution is 5.84. The van der Waals surface area contributed by atoms with Gasteiger partial charge < -0.3 is 14.9 Å². The molecular formula is C25H40O5. The van der Waals surface area contributed by atoms with Crippen LogP contribution in [0.3, 0.4) is 0 Å². The second-order valence-corrected chi connectivity index (χ2v) is 9.62. The number of carboxylic acid groups (broad SMARTS) is 1. The van der Waals surface area contributed by atoms with E-state index in [1.807, 2.05) is 12.2 Å². The van der Waals surface area contributed by atoms with E-state index in [1.165, 1.54) is 6.42 Å². The van der Waals surface area contributed by atoms with Crippen molar-refractivity contribution in [2.45, 2.75) is 90.3 Å². The van der Waals surface area contributed by atoms with Crippen LogP contribution in [0.15, 0.2) is 24.3 Å². The Kier molecular flexibility index (Phi) is 9.76. The molecular weight excluding hydrogens is 380 g/mol. The van der Waals surface area contributed by atoms with Crippen LogP contribution in [0.4, 0.5) is 0 Å². The van der Waals surface area contributed by atoms with Gasteiger partial charge in [0, 0.05) is 31.8 Å². The Balaban J connectivity index is 1.92. The lowest BCUT2D eigenvalue weighted by molar-refractivity contribution is -0.137. The summed E-state index contributed by atoms with van der Waals surface area (Å²) in [5, 5.41) is 19.5. The molecule has 0 aromatic heterocycles. The first-order valence-corrected chi connectivity index (χ1v) is 11.6. The first-order chi connectivity index (χ1) is 14.3. The Morgan fingerprint density at radius 3 is 2.57 bits per heavy atom. The molecule has 0 spiro atoms. The topological polar surface area (TPSA) is 83.8 Å². The van der Waals surface area contributed by atoms with Gasteiger partial charge in [0.05, 0.1) is 12.2 Å². The molecule has 5 nitrogen and oxygen atoms in total. The number of rotatable bonds is 13. The van der Waals surface area contributed by atoms with Crippen molar-refractivity contribution in [2.24, 2.45) is 23.2 Å². The summed E-state index contributed by atoms with van der Waals surface area (Å²) in [6, 6.07) is 0. The molecule has 1 unspecified atom stereocenters. The fourth-order valence-corrected chi connectivity index (χ4v) is 5.21. The number of allylic oxidation sites excluding steroid dienone is 2. The number of ketones is 1. The molecule has 0 aromatic rings. The third-order valence-corrected chi connectivity index (χ3v) is 6.92. The van der Waals surface area contributed by atoms with Gasteiger partial charge in [0.1, 0.15) is 5.78 Å². The van der Waals surface area contributed by atoms with Crippen LogP contribution in [-0.2, 0) is 14.3 Å². The molecule has 2 aliphatic rings. The normalized spacial score (nSPS) is 27.2. The maximum atomic E-state index is 12.5. The van der Waals surface area contributed by atoms with Crippen LogP contribution in [0.5, 0.6) is 0 Å². The van der Waals surface area contributed by atoms with Gasteiger partial charge in [0.2, 0.25) is 0 Å². The molecule has 30 heavy (non-hydrogen) atoms. The Hall–Kier alpha value is -1.46. The molecule has 2 fully saturated rings. The summed E-state index contributed by atoms with van der Waals surface area (Å²) in [6.45, 7) is 4.44. The van der Waals surface area contributed by atoms with Gasteiger partial charge in [-0.15, -0.1) is 0 Å². The monoisotopic (exact) mass is 420 g/mol. The molecule has 0 amide bonds. The maximum Gasteiger partial charge on any atom is 0.303 e. The molecule has 2 aliphatic carbocycles. The van der Waals surface area contributed by atoms with Crippen molar-refractivity contribution < 1.29 is 24.5 Å². The second-order valence-electron chi connectivity index (χ2n) is 9.62. The Labute approximate surface area is 181 Å². The van der Waals surface area contributed by atoms with Crippen LogP contribution in [0.2, 0.25) is 0 Å². The van der Waals surface area contributed by atoms with Gasteiger partial charge in [0.25, 0.3) is 0 Å². The standard InChI is InChI=1S/C25H40O5/c1-18(2)17-25(14-9-15-25)23(27)12-8-11-20-19(21(26)16-22(20)30-3)10-6-4-5-7-13-24(28)29/h4,6,8,11,18-20,22-23,27H,5,7,9-10,12-17H2,1-3H3,(H,28,29)/t19-,20-,22-,23?/m1/s1. The number of unbranched alkanes of at least 4 members (excludes halogenated alkanes) is 1. The van der Waals surface area contributed by atoms with Gasteiger partial charge in [-0.25, -0.2) is 0 Å². The van der Waals surface area contributed by atoms with E-state index in [2.05, 4.69) is 26.0 Å². The summed E-state index contributed by atoms with van der Waals surface area (Å²) < 4.78 is 5.58. The van der Waals surface area contributed by atoms with Crippen molar-refractivity contribution in [1.29, 1.82) is 0 Å². The first kappa shape index (κ1) is 24.8. The Bertz CT molecular complexity index is 617. The zero-order chi connectivity index (χ0) is 22.1. The van der Waals surface area contributed by atoms with Crippen LogP contribution in [0.1, 0.15) is 78.1 Å². The fourth-order valence-electron chi connectivity index (χ4n) is 5.21. The number of carbonyl (C=O) groups is 2. The summed E-state index contributed by atoms with van der Waals surface area (Å²) in [5.41, 5.74) is 0.0722. The van der Waals surface area contributed by atoms with Gasteiger partial charge in [-0.05, 0) is 56.3 Å². The summed E-state index contributed by atoms with van der Waals surface area (Å²) in [5.74, 6) is -0.0431. The predicted molar refractivity (Wildman–Crippen MR) is 118 cm³/mol. The molecule has 0 bridgehead atoms. The van der Waals surface area contributed by atoms with Gasteiger partial charge >= 0.3 is 5.97 Å². The number of carbonyl (C=O) groups excluding carboxylic acids is 1. The highest BCUT2D eigenvalue weighted by Crippen LogP contribution is 2.49. The number of methoxy groups -OCH3 is 1. The highest BCUT2D eigenvalue weighted by atomic mass is 16.5. The molecule has 0 heterocycles. The number of aliphatic carboxylic acids is 1. The van der Waals surface area contributed by atoms with E-state index < -0.39 is 5.97 Å². The third kappa shape index (κ3) is 6.78. The molecule has 2 saturated carbocycles. The fraction of sp³-hybridized carbons (Fsp3) is 0.760. The van der Waals surface area contributed by atoms with Crippen molar-refractivity contribution in [3.63, 3.8) is 0 Å². The van der Waals surface area contributed by atoms with E-state index in [-0.39, 0.29) is 41.7 Å². The number of aliphatic hydroxyl groups excluding tert-OH is 1. The van der Waals surface area contributed by atoms with Crippen molar-refractivity contribution in [3.8, 4) is 0 Å². The molecule has 0 aliphatic heterocycles. The number of aliphatic hydroxyl groups is 1. The van der Waals surface area contributed by atoms with Crippen LogP contribution in [-0.4, -0.2) is 41.3 Å². The smallest absolute Gasteiger partial charge is 0.303 e. The minimum absolute atomic E-state index is 0.0285. The van der Waals surface area contributed by atoms with Gasteiger partial charge in [0.15, 0.2) is 0 Å². The summed E-state index contributed by atoms with van der Waals surface area (Å²) in [6.07, 6.45) is 15.4. The minimum Gasteiger partial charge on any atom is -0.481 e. The first-order valence-electron chi connectivity index (χ1n) is 11.6. The quantitative estimate of drug-likeness (QED) is 0.326. The number of hydrogen-bond acceptors (Lipinski definition) is 4. The molecule has 2 rings (SSSR count). The molecule has 4 atom stereocenters. The SMILES string of the molecule is CO[C@@H]1CC(=O)[C@H](CC=CCCCC(=O)O)[C@H]1C=CCC(O)C1(CC(C)C)CCC1. The minimum atomic E-state index is -0.776. The lowest BCUT2D eigenvalue weighted by Gasteiger charge is -2.46. The van der Waals surface area contributed by atoms with E-state index in [9.17, 15) is 14.7 Å². The lowest BCUT2D eigenvalue weighted by Crippen LogP contribution is -2.42. The van der Waals surface area contributed by atoms with E-state index in [0.717, 1.165) is 19.3 Å². The average Bonchev–Trinajstić information content (AvgIpc) is 2.95. The summed E-state index contributed by atoms with van der Waals surface area (Å²) in [4.78, 5) is 23.1. The average molecular weight is 421 g/mol. The van der Waals surface area contributed by atoms with Crippen molar-refractivity contribution in [2.75, 3.05) is 7.11 Å². The van der Waals surface area contributed by atoms with Crippen LogP contribution in [0, 0.1) is 23.2 Å². The van der Waals surface area contributed by atoms with E-state index in [1.54, 1.807) is 7.11 Å². The zero-order valence-electron chi connectivity index (χ0n) is 18.9. The zero-order valence-corrected chi connectivity index (χ0v) is 18.9. The largest absolute Gasteiger partial charge is 0.481 e. The lowest BCUT2D eigenvalue weighted by atomic mass is 9.60. The number of hydrogen-bond donors (Lipinski definition) is 2. The van der Waals surface area contributed by atoms with Crippen LogP contribution >= 0.6 is 0 Å². The van der Waals surface area contributed by atoms with Gasteiger partial charge in [-0.1, -0.05) is 44.6 Å². The molecule has 170 valence electrons. The summed E-state index contributed by atoms with van der Waals surface area (Å²) in [7, 11) is 1.66. The second kappa shape index (κ2) is 11.8. The molecule has 2 N–H and O–H groups in total. The maximum absolute atomic E-state index is 12.5.